The van der Waals surface area contributed by atoms with E-state index < -0.39 is 0 Å². The summed E-state index contributed by atoms with van der Waals surface area (Å²) >= 11 is 0. The molecule has 14 heavy (non-hydrogen) atoms. The third-order valence-electron chi connectivity index (χ3n) is 1.77. The highest BCUT2D eigenvalue weighted by Gasteiger charge is 2.13. The van der Waals surface area contributed by atoms with Crippen molar-refractivity contribution in [3.63, 3.8) is 0 Å². The monoisotopic (exact) mass is 194 g/mol. The fourth-order valence-corrected chi connectivity index (χ4v) is 1.17. The normalized spacial score (nSPS) is 9.71. The zero-order valence-electron chi connectivity index (χ0n) is 8.88. The summed E-state index contributed by atoms with van der Waals surface area (Å²) in [6, 6.07) is 1.69. The summed E-state index contributed by atoms with van der Waals surface area (Å²) < 4.78 is 9.99. The highest BCUT2D eigenvalue weighted by Crippen LogP contribution is 2.17. The maximum Gasteiger partial charge on any atom is 0.341 e. The lowest BCUT2D eigenvalue weighted by atomic mass is 10.2. The first kappa shape index (κ1) is 10.6. The molecule has 0 spiro atoms. The Balaban J connectivity index is 3.05. The summed E-state index contributed by atoms with van der Waals surface area (Å²) in [5, 5.41) is 0. The minimum absolute atomic E-state index is 0.361. The third-order valence-corrected chi connectivity index (χ3v) is 1.77. The van der Waals surface area contributed by atoms with Gasteiger partial charge in [0, 0.05) is 0 Å². The molecule has 0 atom stereocenters. The quantitative estimate of drug-likeness (QED) is 0.679. The molecule has 0 saturated carbocycles. The van der Waals surface area contributed by atoms with Crippen molar-refractivity contribution in [1.29, 1.82) is 0 Å². The van der Waals surface area contributed by atoms with Crippen LogP contribution in [0.15, 0.2) is 16.1 Å². The Morgan fingerprint density at radius 3 is 2.64 bits per heavy atom. The van der Waals surface area contributed by atoms with Crippen LogP contribution < -0.4 is 0 Å². The van der Waals surface area contributed by atoms with Crippen LogP contribution >= 0.6 is 0 Å². The summed E-state index contributed by atoms with van der Waals surface area (Å²) in [7, 11) is 1.36. The van der Waals surface area contributed by atoms with Crippen LogP contribution in [0.25, 0.3) is 6.08 Å². The number of ether oxygens (including phenoxy) is 1. The van der Waals surface area contributed by atoms with Gasteiger partial charge in [-0.15, -0.1) is 0 Å². The fourth-order valence-electron chi connectivity index (χ4n) is 1.17. The fraction of sp³-hybridized carbons (Fsp3) is 0.364. The molecular weight excluding hydrogens is 180 g/mol. The van der Waals surface area contributed by atoms with Gasteiger partial charge in [0.05, 0.1) is 7.11 Å². The number of hydrogen-bond donors (Lipinski definition) is 0. The Kier molecular flexibility index (Phi) is 3.12. The predicted molar refractivity (Wildman–Crippen MR) is 54.1 cm³/mol. The zero-order chi connectivity index (χ0) is 10.7. The molecule has 0 unspecified atom stereocenters. The van der Waals surface area contributed by atoms with Crippen molar-refractivity contribution in [3.8, 4) is 0 Å². The minimum atomic E-state index is -0.361. The Morgan fingerprint density at radius 2 is 2.14 bits per heavy atom. The second kappa shape index (κ2) is 4.13. The number of methoxy groups -OCH3 is 1. The van der Waals surface area contributed by atoms with Gasteiger partial charge in [-0.1, -0.05) is 5.57 Å². The van der Waals surface area contributed by atoms with Crippen molar-refractivity contribution in [2.45, 2.75) is 20.8 Å². The van der Waals surface area contributed by atoms with E-state index in [4.69, 9.17) is 4.42 Å². The number of allylic oxidation sites excluding steroid dienone is 1. The number of furan rings is 1. The summed E-state index contributed by atoms with van der Waals surface area (Å²) in [4.78, 5) is 11.2. The Hall–Kier alpha value is -1.51. The van der Waals surface area contributed by atoms with Gasteiger partial charge in [-0.05, 0) is 32.9 Å². The van der Waals surface area contributed by atoms with E-state index in [1.807, 2.05) is 19.9 Å². The van der Waals surface area contributed by atoms with Gasteiger partial charge in [0.2, 0.25) is 0 Å². The number of aryl methyl sites for hydroxylation is 1. The molecule has 0 aliphatic carbocycles. The average molecular weight is 194 g/mol. The maximum absolute atomic E-state index is 11.2. The van der Waals surface area contributed by atoms with Crippen LogP contribution in [0.1, 0.15) is 35.7 Å². The molecule has 1 heterocycles. The lowest BCUT2D eigenvalue weighted by Gasteiger charge is -1.93. The van der Waals surface area contributed by atoms with E-state index in [1.165, 1.54) is 7.11 Å². The van der Waals surface area contributed by atoms with Crippen molar-refractivity contribution in [2.24, 2.45) is 0 Å². The first-order chi connectivity index (χ1) is 6.54. The summed E-state index contributed by atoms with van der Waals surface area (Å²) in [6.07, 6.45) is 1.87. The molecule has 0 aliphatic rings. The summed E-state index contributed by atoms with van der Waals surface area (Å²) in [5.41, 5.74) is 1.61. The van der Waals surface area contributed by atoms with E-state index in [1.54, 1.807) is 13.0 Å². The molecule has 1 aromatic rings. The first-order valence-electron chi connectivity index (χ1n) is 4.38. The van der Waals surface area contributed by atoms with Gasteiger partial charge >= 0.3 is 5.97 Å². The molecule has 1 rings (SSSR count). The summed E-state index contributed by atoms with van der Waals surface area (Å²) in [6.45, 7) is 5.68. The van der Waals surface area contributed by atoms with E-state index in [2.05, 4.69) is 4.74 Å². The van der Waals surface area contributed by atoms with Gasteiger partial charge in [-0.3, -0.25) is 0 Å². The third kappa shape index (κ3) is 2.25. The van der Waals surface area contributed by atoms with Crippen LogP contribution in [0.4, 0.5) is 0 Å². The Labute approximate surface area is 83.4 Å². The smallest absolute Gasteiger partial charge is 0.341 e. The van der Waals surface area contributed by atoms with Crippen molar-refractivity contribution >= 4 is 12.0 Å². The Bertz CT molecular complexity index is 368. The molecule has 76 valence electrons. The average Bonchev–Trinajstić information content (AvgIpc) is 2.44. The van der Waals surface area contributed by atoms with E-state index in [9.17, 15) is 4.79 Å². The molecule has 3 heteroatoms. The van der Waals surface area contributed by atoms with Gasteiger partial charge in [0.15, 0.2) is 0 Å². The van der Waals surface area contributed by atoms with Crippen LogP contribution in [0.3, 0.4) is 0 Å². The van der Waals surface area contributed by atoms with E-state index in [0.29, 0.717) is 17.1 Å². The van der Waals surface area contributed by atoms with Gasteiger partial charge in [-0.2, -0.15) is 0 Å². The molecule has 0 amide bonds. The number of rotatable bonds is 2. The molecule has 1 aromatic heterocycles. The zero-order valence-corrected chi connectivity index (χ0v) is 8.88. The van der Waals surface area contributed by atoms with Gasteiger partial charge < -0.3 is 9.15 Å². The second-order valence-corrected chi connectivity index (χ2v) is 3.33. The summed E-state index contributed by atoms with van der Waals surface area (Å²) in [5.74, 6) is 0.909. The molecule has 0 bridgehead atoms. The molecular formula is C11H14O3. The first-order valence-corrected chi connectivity index (χ1v) is 4.38. The number of carbonyl (C=O) groups excluding carboxylic acids is 1. The van der Waals surface area contributed by atoms with E-state index >= 15 is 0 Å². The molecule has 0 aliphatic heterocycles. The SMILES string of the molecule is COC(=O)c1cc(C=C(C)C)oc1C. The van der Waals surface area contributed by atoms with Crippen molar-refractivity contribution in [3.05, 3.63) is 28.7 Å². The van der Waals surface area contributed by atoms with Crippen molar-refractivity contribution < 1.29 is 13.9 Å². The molecule has 3 nitrogen and oxygen atoms in total. The standard InChI is InChI=1S/C11H14O3/c1-7(2)5-9-6-10(8(3)14-9)11(12)13-4/h5-6H,1-4H3. The van der Waals surface area contributed by atoms with Crippen LogP contribution in [0, 0.1) is 6.92 Å². The predicted octanol–water partition coefficient (Wildman–Crippen LogP) is 2.80. The van der Waals surface area contributed by atoms with Crippen LogP contribution in [-0.2, 0) is 4.74 Å². The largest absolute Gasteiger partial charge is 0.465 e. The number of carbonyl (C=O) groups is 1. The van der Waals surface area contributed by atoms with Gasteiger partial charge in [0.1, 0.15) is 17.1 Å². The minimum Gasteiger partial charge on any atom is -0.465 e. The van der Waals surface area contributed by atoms with E-state index in [0.717, 1.165) is 5.57 Å². The van der Waals surface area contributed by atoms with Crippen molar-refractivity contribution in [1.82, 2.24) is 0 Å². The molecule has 0 fully saturated rings. The van der Waals surface area contributed by atoms with Crippen LogP contribution in [-0.4, -0.2) is 13.1 Å². The van der Waals surface area contributed by atoms with Crippen LogP contribution in [0.2, 0.25) is 0 Å². The molecule has 0 saturated heterocycles. The Morgan fingerprint density at radius 1 is 1.50 bits per heavy atom. The highest BCUT2D eigenvalue weighted by molar-refractivity contribution is 5.91. The topological polar surface area (TPSA) is 39.4 Å². The van der Waals surface area contributed by atoms with Gasteiger partial charge in [-0.25, -0.2) is 4.79 Å². The second-order valence-electron chi connectivity index (χ2n) is 3.33. The van der Waals surface area contributed by atoms with E-state index in [-0.39, 0.29) is 5.97 Å². The lowest BCUT2D eigenvalue weighted by molar-refractivity contribution is 0.0599. The van der Waals surface area contributed by atoms with Crippen molar-refractivity contribution in [2.75, 3.05) is 7.11 Å². The lowest BCUT2D eigenvalue weighted by Crippen LogP contribution is -2.00. The molecule has 0 aromatic carbocycles. The maximum atomic E-state index is 11.2. The number of hydrogen-bond acceptors (Lipinski definition) is 3. The van der Waals surface area contributed by atoms with Crippen LogP contribution in [0.5, 0.6) is 0 Å². The van der Waals surface area contributed by atoms with Gasteiger partial charge in [0.25, 0.3) is 0 Å². The highest BCUT2D eigenvalue weighted by atomic mass is 16.5. The molecule has 0 N–H and O–H groups in total. The molecule has 0 radical (unpaired) electrons. The number of esters is 1.